The van der Waals surface area contributed by atoms with Crippen LogP contribution in [0.5, 0.6) is 0 Å². The first-order chi connectivity index (χ1) is 26.8. The Labute approximate surface area is 339 Å². The third-order valence-electron chi connectivity index (χ3n) is 10.8. The summed E-state index contributed by atoms with van der Waals surface area (Å²) in [5.41, 5.74) is 4.61. The lowest BCUT2D eigenvalue weighted by molar-refractivity contribution is -0.0461. The fourth-order valence-corrected chi connectivity index (χ4v) is 7.86. The maximum Gasteiger partial charge on any atom is 0.358 e. The Morgan fingerprint density at radius 3 is 1.64 bits per heavy atom. The molecule has 300 valence electrons. The number of aromatic nitrogens is 2. The summed E-state index contributed by atoms with van der Waals surface area (Å²) in [5, 5.41) is 26.9. The van der Waals surface area contributed by atoms with E-state index in [1.165, 1.54) is 22.7 Å². The van der Waals surface area contributed by atoms with Crippen LogP contribution in [0.25, 0.3) is 12.2 Å². The average molecular weight is 800 g/mol. The molecule has 3 aliphatic rings. The van der Waals surface area contributed by atoms with Gasteiger partial charge in [0, 0.05) is 34.4 Å². The van der Waals surface area contributed by atoms with Gasteiger partial charge in [0.2, 0.25) is 0 Å². The number of hydrogen-bond donors (Lipinski definition) is 3. The zero-order valence-electron chi connectivity index (χ0n) is 33.1. The molecule has 5 rings (SSSR count). The number of fused-ring (bicyclic) bond motifs is 6. The number of cyclic esters (lactones) is 2. The van der Waals surface area contributed by atoms with Crippen molar-refractivity contribution in [3.63, 3.8) is 0 Å². The summed E-state index contributed by atoms with van der Waals surface area (Å²) in [6.07, 6.45) is 32.2. The first kappa shape index (κ1) is 43.1. The van der Waals surface area contributed by atoms with Crippen molar-refractivity contribution < 1.29 is 29.3 Å². The van der Waals surface area contributed by atoms with Crippen LogP contribution in [0.3, 0.4) is 0 Å². The monoisotopic (exact) mass is 799 g/mol. The molecule has 2 saturated carbocycles. The van der Waals surface area contributed by atoms with E-state index in [1.54, 1.807) is 29.0 Å². The van der Waals surface area contributed by atoms with Crippen molar-refractivity contribution in [2.24, 2.45) is 40.2 Å². The number of nitrogens with two attached hydrogens (primary N) is 1. The van der Waals surface area contributed by atoms with Crippen LogP contribution in [0, 0.1) is 34.5 Å². The molecule has 3 heterocycles. The number of allylic oxidation sites excluding steroid dienone is 9. The number of carbonyl (C=O) groups is 2. The Balaban J connectivity index is 1.35. The van der Waals surface area contributed by atoms with Gasteiger partial charge in [-0.1, -0.05) is 113 Å². The second kappa shape index (κ2) is 19.9. The van der Waals surface area contributed by atoms with Crippen LogP contribution >= 0.6 is 22.7 Å². The molecule has 0 saturated heterocycles. The molecule has 9 nitrogen and oxygen atoms in total. The highest BCUT2D eigenvalue weighted by Crippen LogP contribution is 2.42. The van der Waals surface area contributed by atoms with Gasteiger partial charge in [-0.05, 0) is 68.6 Å². The van der Waals surface area contributed by atoms with Gasteiger partial charge in [-0.2, -0.15) is 0 Å². The third kappa shape index (κ3) is 12.0. The Morgan fingerprint density at radius 1 is 0.750 bits per heavy atom. The normalized spacial score (nSPS) is 29.9. The highest BCUT2D eigenvalue weighted by molar-refractivity contribution is 7.11. The standard InChI is InChI=1S/C45H57N3O6S2/c1-6-15-36(49)44(2,3)38-21-13-18-32-26-30(32)16-7-10-24-41-48-35(29-56-41)43(52)54-39(45(4,5)37(50)20-11-12-25-46)22-14-19-33-27-31(33)17-8-9-23-40-47-34(28-55-40)42(51)53-38/h6-11,13-20,23-24,28-33,36-39,49-50H,12,21-22,25-27,46H2,1-5H3/b15-6+,16-7+,17-8+,18-13-,19-14-,20-11+,23-9-,24-10-/t30-,31-,32+,33+,36+,37+,38+,39+/m1/s1. The van der Waals surface area contributed by atoms with Crippen LogP contribution in [0.1, 0.15) is 97.7 Å². The van der Waals surface area contributed by atoms with Crippen molar-refractivity contribution in [2.45, 2.75) is 91.1 Å². The molecule has 0 spiro atoms. The van der Waals surface area contributed by atoms with Gasteiger partial charge in [0.1, 0.15) is 22.2 Å². The Hall–Kier alpha value is -4.00. The maximum absolute atomic E-state index is 13.4. The summed E-state index contributed by atoms with van der Waals surface area (Å²) in [6, 6.07) is 0. The number of thiazole rings is 2. The number of esters is 2. The van der Waals surface area contributed by atoms with Gasteiger partial charge < -0.3 is 25.4 Å². The van der Waals surface area contributed by atoms with E-state index >= 15 is 0 Å². The number of aliphatic hydroxyl groups is 2. The molecule has 0 amide bonds. The minimum Gasteiger partial charge on any atom is -0.457 e. The molecule has 0 unspecified atom stereocenters. The Bertz CT molecular complexity index is 1880. The van der Waals surface area contributed by atoms with Gasteiger partial charge in [0.25, 0.3) is 0 Å². The molecule has 8 atom stereocenters. The molecule has 11 heteroatoms. The summed E-state index contributed by atoms with van der Waals surface area (Å²) >= 11 is 2.74. The third-order valence-corrected chi connectivity index (χ3v) is 12.5. The smallest absolute Gasteiger partial charge is 0.358 e. The lowest BCUT2D eigenvalue weighted by atomic mass is 9.78. The SMILES string of the molecule is C/C=C/[C@H](O)C(C)(C)[C@@H]1C/C=C\[C@H]2C[C@H]2/C=C/C=C\c2nc(cs2)C(=O)O[C@H](C(C)(C)[C@@H](O)/C=C/CCN)C/C=C\[C@H]2C[C@H]2/C=C/C=C\c2nc(cs2)C(=O)O1. The second-order valence-electron chi connectivity index (χ2n) is 15.9. The van der Waals surface area contributed by atoms with E-state index < -0.39 is 47.2 Å². The number of carbonyl (C=O) groups excluding carboxylic acids is 2. The zero-order chi connectivity index (χ0) is 40.3. The summed E-state index contributed by atoms with van der Waals surface area (Å²) in [4.78, 5) is 35.8. The van der Waals surface area contributed by atoms with Crippen molar-refractivity contribution >= 4 is 46.8 Å². The number of aliphatic hydroxyl groups excluding tert-OH is 2. The van der Waals surface area contributed by atoms with Crippen LogP contribution in [0.4, 0.5) is 0 Å². The van der Waals surface area contributed by atoms with Crippen molar-refractivity contribution in [3.05, 3.63) is 117 Å². The minimum absolute atomic E-state index is 0.239. The maximum atomic E-state index is 13.4. The lowest BCUT2D eigenvalue weighted by Crippen LogP contribution is -2.42. The van der Waals surface area contributed by atoms with Crippen molar-refractivity contribution in [1.29, 1.82) is 0 Å². The minimum atomic E-state index is -0.848. The van der Waals surface area contributed by atoms with Gasteiger partial charge in [-0.15, -0.1) is 22.7 Å². The van der Waals surface area contributed by atoms with E-state index in [1.807, 2.05) is 83.2 Å². The molecule has 4 N–H and O–H groups in total. The first-order valence-corrected chi connectivity index (χ1v) is 21.3. The predicted octanol–water partition coefficient (Wildman–Crippen LogP) is 8.92. The first-order valence-electron chi connectivity index (χ1n) is 19.5. The highest BCUT2D eigenvalue weighted by Gasteiger charge is 2.40. The molecule has 2 aliphatic carbocycles. The van der Waals surface area contributed by atoms with E-state index in [4.69, 9.17) is 15.2 Å². The fraction of sp³-hybridized carbons (Fsp3) is 0.467. The molecule has 2 aromatic rings. The lowest BCUT2D eigenvalue weighted by Gasteiger charge is -2.36. The van der Waals surface area contributed by atoms with E-state index in [9.17, 15) is 19.8 Å². The number of hydrogen-bond acceptors (Lipinski definition) is 11. The average Bonchev–Trinajstić information content (AvgIpc) is 3.96. The van der Waals surface area contributed by atoms with Crippen LogP contribution in [-0.2, 0) is 9.47 Å². The predicted molar refractivity (Wildman–Crippen MR) is 227 cm³/mol. The van der Waals surface area contributed by atoms with Gasteiger partial charge in [0.15, 0.2) is 11.4 Å². The van der Waals surface area contributed by atoms with Gasteiger partial charge >= 0.3 is 11.9 Å². The highest BCUT2D eigenvalue weighted by atomic mass is 32.1. The summed E-state index contributed by atoms with van der Waals surface area (Å²) in [7, 11) is 0. The zero-order valence-corrected chi connectivity index (χ0v) is 34.7. The largest absolute Gasteiger partial charge is 0.457 e. The Morgan fingerprint density at radius 2 is 1.20 bits per heavy atom. The van der Waals surface area contributed by atoms with Gasteiger partial charge in [-0.3, -0.25) is 0 Å². The van der Waals surface area contributed by atoms with Crippen LogP contribution in [0.2, 0.25) is 0 Å². The van der Waals surface area contributed by atoms with E-state index in [2.05, 4.69) is 40.3 Å². The molecular formula is C45H57N3O6S2. The number of nitrogens with zero attached hydrogens (tertiary/aromatic N) is 2. The number of rotatable bonds is 8. The molecular weight excluding hydrogens is 743 g/mol. The summed E-state index contributed by atoms with van der Waals surface area (Å²) < 4.78 is 12.1. The molecule has 0 aromatic carbocycles. The quantitative estimate of drug-likeness (QED) is 0.176. The van der Waals surface area contributed by atoms with Crippen LogP contribution in [0.15, 0.2) is 95.8 Å². The van der Waals surface area contributed by atoms with Crippen LogP contribution in [-0.4, -0.2) is 63.1 Å². The van der Waals surface area contributed by atoms with E-state index in [0.29, 0.717) is 59.5 Å². The van der Waals surface area contributed by atoms with Gasteiger partial charge in [0.05, 0.1) is 12.2 Å². The second-order valence-corrected chi connectivity index (χ2v) is 17.7. The molecule has 4 bridgehead atoms. The molecule has 1 aliphatic heterocycles. The fourth-order valence-electron chi connectivity index (χ4n) is 6.48. The van der Waals surface area contributed by atoms with Crippen LogP contribution < -0.4 is 5.73 Å². The van der Waals surface area contributed by atoms with E-state index in [-0.39, 0.29) is 11.4 Å². The van der Waals surface area contributed by atoms with Crippen molar-refractivity contribution in [3.8, 4) is 0 Å². The number of ether oxygens (including phenoxy) is 2. The summed E-state index contributed by atoms with van der Waals surface area (Å²) in [6.45, 7) is 9.97. The van der Waals surface area contributed by atoms with E-state index in [0.717, 1.165) is 12.8 Å². The molecule has 2 aromatic heterocycles. The van der Waals surface area contributed by atoms with Crippen molar-refractivity contribution in [1.82, 2.24) is 9.97 Å². The topological polar surface area (TPSA) is 145 Å². The van der Waals surface area contributed by atoms with Crippen molar-refractivity contribution in [2.75, 3.05) is 6.54 Å². The molecule has 0 radical (unpaired) electrons. The Kier molecular flexibility index (Phi) is 15.3. The molecule has 56 heavy (non-hydrogen) atoms. The molecule has 2 fully saturated rings. The van der Waals surface area contributed by atoms with Gasteiger partial charge in [-0.25, -0.2) is 19.6 Å². The summed E-state index contributed by atoms with van der Waals surface area (Å²) in [5.74, 6) is 0.476.